The molecule has 7 heteroatoms. The van der Waals surface area contributed by atoms with Crippen molar-refractivity contribution in [3.63, 3.8) is 0 Å². The van der Waals surface area contributed by atoms with Crippen LogP contribution in [0.15, 0.2) is 70.8 Å². The number of ketones is 1. The van der Waals surface area contributed by atoms with E-state index in [0.717, 1.165) is 5.56 Å². The molecule has 34 heavy (non-hydrogen) atoms. The number of carbonyl (C=O) groups is 2. The van der Waals surface area contributed by atoms with Crippen LogP contribution in [0.3, 0.4) is 0 Å². The van der Waals surface area contributed by atoms with Crippen molar-refractivity contribution in [2.24, 2.45) is 0 Å². The number of aryl methyl sites for hydroxylation is 1. The van der Waals surface area contributed by atoms with Crippen molar-refractivity contribution in [2.75, 3.05) is 6.61 Å². The van der Waals surface area contributed by atoms with E-state index in [1.165, 1.54) is 6.07 Å². The summed E-state index contributed by atoms with van der Waals surface area (Å²) in [5.41, 5.74) is 2.01. The number of rotatable bonds is 5. The van der Waals surface area contributed by atoms with Crippen LogP contribution in [-0.2, 0) is 0 Å². The molecule has 0 radical (unpaired) electrons. The van der Waals surface area contributed by atoms with E-state index >= 15 is 0 Å². The van der Waals surface area contributed by atoms with Crippen LogP contribution >= 0.6 is 11.6 Å². The molecule has 0 N–H and O–H groups in total. The highest BCUT2D eigenvalue weighted by Crippen LogP contribution is 2.36. The summed E-state index contributed by atoms with van der Waals surface area (Å²) in [6.45, 7) is 4.09. The number of hydrogen-bond donors (Lipinski definition) is 0. The smallest absolute Gasteiger partial charge is 0.347 e. The Bertz CT molecular complexity index is 1480. The van der Waals surface area contributed by atoms with E-state index in [1.807, 2.05) is 13.0 Å². The number of carbonyl (C=O) groups excluding carboxylic acids is 2. The fraction of sp³-hybridized carbons (Fsp3) is 0.111. The summed E-state index contributed by atoms with van der Waals surface area (Å²) < 4.78 is 22.6. The fourth-order valence-electron chi connectivity index (χ4n) is 3.85. The molecule has 2 heterocycles. The van der Waals surface area contributed by atoms with Crippen molar-refractivity contribution in [3.8, 4) is 17.2 Å². The van der Waals surface area contributed by atoms with Gasteiger partial charge in [0.05, 0.1) is 12.2 Å². The molecule has 6 nitrogen and oxygen atoms in total. The van der Waals surface area contributed by atoms with Crippen LogP contribution in [0.5, 0.6) is 17.2 Å². The average Bonchev–Trinajstić information content (AvgIpc) is 3.29. The SMILES string of the molecule is CCOc1ccc2oc(C)c(C(=O)Oc3ccc4c(c3)O/C(=C\c3cccc(Cl)c3)C4=O)c2c1. The molecule has 0 saturated carbocycles. The maximum absolute atomic E-state index is 13.0. The molecule has 1 aliphatic rings. The van der Waals surface area contributed by atoms with Crippen molar-refractivity contribution in [3.05, 3.63) is 93.9 Å². The van der Waals surface area contributed by atoms with Crippen LogP contribution in [0.2, 0.25) is 5.02 Å². The third-order valence-corrected chi connectivity index (χ3v) is 5.58. The van der Waals surface area contributed by atoms with Crippen molar-refractivity contribution >= 4 is 40.4 Å². The quantitative estimate of drug-likeness (QED) is 0.183. The monoisotopic (exact) mass is 474 g/mol. The fourth-order valence-corrected chi connectivity index (χ4v) is 4.04. The van der Waals surface area contributed by atoms with Crippen LogP contribution < -0.4 is 14.2 Å². The molecule has 0 saturated heterocycles. The highest BCUT2D eigenvalue weighted by molar-refractivity contribution is 6.30. The van der Waals surface area contributed by atoms with Crippen LogP contribution in [-0.4, -0.2) is 18.4 Å². The summed E-state index contributed by atoms with van der Waals surface area (Å²) in [4.78, 5) is 25.8. The molecule has 1 aliphatic heterocycles. The van der Waals surface area contributed by atoms with E-state index in [1.54, 1.807) is 61.5 Å². The van der Waals surface area contributed by atoms with Crippen molar-refractivity contribution < 1.29 is 28.2 Å². The number of benzene rings is 3. The predicted molar refractivity (Wildman–Crippen MR) is 128 cm³/mol. The van der Waals surface area contributed by atoms with Gasteiger partial charge in [0.2, 0.25) is 5.78 Å². The number of furan rings is 1. The summed E-state index contributed by atoms with van der Waals surface area (Å²) in [7, 11) is 0. The van der Waals surface area contributed by atoms with Gasteiger partial charge >= 0.3 is 5.97 Å². The molecule has 1 aromatic heterocycles. The Labute approximate surface area is 200 Å². The molecule has 5 rings (SSSR count). The minimum atomic E-state index is -0.580. The highest BCUT2D eigenvalue weighted by atomic mass is 35.5. The van der Waals surface area contributed by atoms with Crippen molar-refractivity contribution in [1.82, 2.24) is 0 Å². The minimum absolute atomic E-state index is 0.167. The van der Waals surface area contributed by atoms with Gasteiger partial charge in [-0.15, -0.1) is 0 Å². The Morgan fingerprint density at radius 1 is 1.06 bits per heavy atom. The molecular formula is C27H19ClO6. The summed E-state index contributed by atoms with van der Waals surface area (Å²) >= 11 is 6.02. The predicted octanol–water partition coefficient (Wildman–Crippen LogP) is 6.63. The van der Waals surface area contributed by atoms with Gasteiger partial charge in [-0.3, -0.25) is 4.79 Å². The summed E-state index contributed by atoms with van der Waals surface area (Å²) in [6, 6.07) is 17.0. The molecule has 0 bridgehead atoms. The van der Waals surface area contributed by atoms with E-state index in [9.17, 15) is 9.59 Å². The largest absolute Gasteiger partial charge is 0.494 e. The Kier molecular flexibility index (Phi) is 5.59. The first-order valence-corrected chi connectivity index (χ1v) is 11.0. The second kappa shape index (κ2) is 8.72. The van der Waals surface area contributed by atoms with Crippen LogP contribution in [0.25, 0.3) is 17.0 Å². The van der Waals surface area contributed by atoms with Gasteiger partial charge in [0.25, 0.3) is 0 Å². The van der Waals surface area contributed by atoms with Crippen molar-refractivity contribution in [1.29, 1.82) is 0 Å². The zero-order chi connectivity index (χ0) is 23.8. The van der Waals surface area contributed by atoms with Crippen LogP contribution in [0.4, 0.5) is 0 Å². The number of halogens is 1. The molecule has 0 amide bonds. The second-order valence-electron chi connectivity index (χ2n) is 7.67. The Morgan fingerprint density at radius 2 is 1.88 bits per heavy atom. The lowest BCUT2D eigenvalue weighted by atomic mass is 10.1. The Hall–Kier alpha value is -4.03. The molecule has 4 aromatic rings. The molecule has 3 aromatic carbocycles. The van der Waals surface area contributed by atoms with Crippen molar-refractivity contribution in [2.45, 2.75) is 13.8 Å². The third-order valence-electron chi connectivity index (χ3n) is 5.35. The van der Waals surface area contributed by atoms with Gasteiger partial charge in [0.1, 0.15) is 34.2 Å². The molecule has 0 unspecified atom stereocenters. The van der Waals surface area contributed by atoms with Gasteiger partial charge in [-0.2, -0.15) is 0 Å². The van der Waals surface area contributed by atoms with Gasteiger partial charge in [0.15, 0.2) is 5.76 Å². The first kappa shape index (κ1) is 21.8. The molecule has 0 spiro atoms. The lowest BCUT2D eigenvalue weighted by Crippen LogP contribution is -2.09. The Morgan fingerprint density at radius 3 is 2.68 bits per heavy atom. The lowest BCUT2D eigenvalue weighted by molar-refractivity contribution is 0.0734. The van der Waals surface area contributed by atoms with Gasteiger partial charge in [-0.1, -0.05) is 23.7 Å². The van der Waals surface area contributed by atoms with E-state index in [0.29, 0.717) is 51.0 Å². The van der Waals surface area contributed by atoms with Crippen LogP contribution in [0, 0.1) is 6.92 Å². The average molecular weight is 475 g/mol. The maximum atomic E-state index is 13.0. The topological polar surface area (TPSA) is 75.0 Å². The van der Waals surface area contributed by atoms with E-state index in [-0.39, 0.29) is 17.3 Å². The number of esters is 1. The van der Waals surface area contributed by atoms with Crippen LogP contribution in [0.1, 0.15) is 39.0 Å². The zero-order valence-corrected chi connectivity index (χ0v) is 19.1. The Balaban J connectivity index is 1.41. The van der Waals surface area contributed by atoms with E-state index in [2.05, 4.69) is 0 Å². The second-order valence-corrected chi connectivity index (χ2v) is 8.10. The molecular weight excluding hydrogens is 456 g/mol. The number of allylic oxidation sites excluding steroid dienone is 1. The minimum Gasteiger partial charge on any atom is -0.494 e. The number of fused-ring (bicyclic) bond motifs is 2. The lowest BCUT2D eigenvalue weighted by Gasteiger charge is -2.06. The van der Waals surface area contributed by atoms with E-state index in [4.69, 9.17) is 30.2 Å². The van der Waals surface area contributed by atoms with Gasteiger partial charge in [-0.05, 0) is 68.0 Å². The molecule has 0 fully saturated rings. The normalized spacial score (nSPS) is 13.7. The van der Waals surface area contributed by atoms with Gasteiger partial charge < -0.3 is 18.6 Å². The van der Waals surface area contributed by atoms with Gasteiger partial charge in [0, 0.05) is 16.5 Å². The van der Waals surface area contributed by atoms with Gasteiger partial charge in [-0.25, -0.2) is 4.79 Å². The molecule has 0 aliphatic carbocycles. The third kappa shape index (κ3) is 4.04. The summed E-state index contributed by atoms with van der Waals surface area (Å²) in [5.74, 6) is 0.963. The van der Waals surface area contributed by atoms with E-state index < -0.39 is 5.97 Å². The standard InChI is InChI=1S/C27H19ClO6/c1-3-31-18-8-10-22-21(13-18)25(15(2)32-22)27(30)33-19-7-9-20-23(14-19)34-24(26(20)29)12-16-5-4-6-17(28)11-16/h4-14H,3H2,1-2H3/b24-12-. The number of Topliss-reactive ketones (excluding diaryl/α,β-unsaturated/α-hetero) is 1. The molecule has 0 atom stereocenters. The number of hydrogen-bond acceptors (Lipinski definition) is 6. The zero-order valence-electron chi connectivity index (χ0n) is 18.4. The maximum Gasteiger partial charge on any atom is 0.347 e. The summed E-state index contributed by atoms with van der Waals surface area (Å²) in [5, 5.41) is 1.16. The first-order valence-electron chi connectivity index (χ1n) is 10.6. The molecule has 170 valence electrons. The highest BCUT2D eigenvalue weighted by Gasteiger charge is 2.28. The number of ether oxygens (including phenoxy) is 3. The first-order chi connectivity index (χ1) is 16.4. The summed E-state index contributed by atoms with van der Waals surface area (Å²) in [6.07, 6.45) is 1.62.